The highest BCUT2D eigenvalue weighted by Crippen LogP contribution is 2.58. The third-order valence-corrected chi connectivity index (χ3v) is 7.03. The number of benzene rings is 1. The standard InChI is InChI=1S/C21H28ClNO3/c1-12(2)13-9-14-15(10-16(13)22)20(3)7-6-8-21(4,19(24)25)18(20)11-17(14)23-26-5/h9-10,12,18H,6-8,11H2,1-5H3,(H,24,25)/b23-17+/t18?,20-,21-/m1/s1. The summed E-state index contributed by atoms with van der Waals surface area (Å²) in [5.74, 6) is -0.458. The van der Waals surface area contributed by atoms with Crippen molar-refractivity contribution in [1.82, 2.24) is 0 Å². The van der Waals surface area contributed by atoms with Gasteiger partial charge in [0, 0.05) is 10.6 Å². The first kappa shape index (κ1) is 19.2. The second-order valence-electron chi connectivity index (χ2n) is 8.54. The Morgan fingerprint density at radius 3 is 2.62 bits per heavy atom. The van der Waals surface area contributed by atoms with Gasteiger partial charge in [-0.3, -0.25) is 4.79 Å². The quantitative estimate of drug-likeness (QED) is 0.720. The normalized spacial score (nSPS) is 32.3. The molecule has 3 rings (SSSR count). The summed E-state index contributed by atoms with van der Waals surface area (Å²) >= 11 is 6.62. The molecule has 1 N–H and O–H groups in total. The summed E-state index contributed by atoms with van der Waals surface area (Å²) in [5, 5.41) is 15.0. The minimum absolute atomic E-state index is 0.0383. The lowest BCUT2D eigenvalue weighted by Crippen LogP contribution is -2.53. The van der Waals surface area contributed by atoms with Crippen LogP contribution in [0.25, 0.3) is 0 Å². The van der Waals surface area contributed by atoms with Gasteiger partial charge in [-0.05, 0) is 66.7 Å². The smallest absolute Gasteiger partial charge is 0.309 e. The molecule has 4 nitrogen and oxygen atoms in total. The molecule has 5 heteroatoms. The van der Waals surface area contributed by atoms with Crippen molar-refractivity contribution in [2.24, 2.45) is 16.5 Å². The second-order valence-corrected chi connectivity index (χ2v) is 8.95. The first-order chi connectivity index (χ1) is 12.1. The lowest BCUT2D eigenvalue weighted by atomic mass is 9.49. The Kier molecular flexibility index (Phi) is 4.85. The molecule has 1 unspecified atom stereocenters. The highest BCUT2D eigenvalue weighted by molar-refractivity contribution is 6.31. The van der Waals surface area contributed by atoms with E-state index in [0.717, 1.165) is 40.3 Å². The molecule has 1 aromatic carbocycles. The highest BCUT2D eigenvalue weighted by Gasteiger charge is 2.56. The van der Waals surface area contributed by atoms with Gasteiger partial charge in [0.2, 0.25) is 0 Å². The molecule has 0 saturated heterocycles. The third-order valence-electron chi connectivity index (χ3n) is 6.70. The van der Waals surface area contributed by atoms with Crippen LogP contribution in [0.2, 0.25) is 5.02 Å². The molecule has 0 aliphatic heterocycles. The fraction of sp³-hybridized carbons (Fsp3) is 0.619. The van der Waals surface area contributed by atoms with Crippen LogP contribution in [0.4, 0.5) is 0 Å². The molecule has 0 aromatic heterocycles. The molecule has 2 aliphatic rings. The van der Waals surface area contributed by atoms with Crippen molar-refractivity contribution in [3.63, 3.8) is 0 Å². The fourth-order valence-electron chi connectivity index (χ4n) is 5.15. The SMILES string of the molecule is CO/N=C1\CC2[C@](C)(C(=O)O)CCC[C@]2(C)c2cc(Cl)c(C(C)C)cc21. The Balaban J connectivity index is 2.26. The highest BCUT2D eigenvalue weighted by atomic mass is 35.5. The van der Waals surface area contributed by atoms with Crippen molar-refractivity contribution in [3.8, 4) is 0 Å². The van der Waals surface area contributed by atoms with E-state index >= 15 is 0 Å². The first-order valence-corrected chi connectivity index (χ1v) is 9.70. The molecule has 1 fully saturated rings. The lowest BCUT2D eigenvalue weighted by molar-refractivity contribution is -0.156. The van der Waals surface area contributed by atoms with Gasteiger partial charge in [-0.2, -0.15) is 0 Å². The van der Waals surface area contributed by atoms with Crippen LogP contribution in [-0.4, -0.2) is 23.9 Å². The number of carbonyl (C=O) groups is 1. The monoisotopic (exact) mass is 377 g/mol. The average Bonchev–Trinajstić information content (AvgIpc) is 2.56. The van der Waals surface area contributed by atoms with E-state index in [1.807, 2.05) is 6.92 Å². The molecule has 0 bridgehead atoms. The number of hydrogen-bond acceptors (Lipinski definition) is 3. The zero-order chi connectivity index (χ0) is 19.3. The van der Waals surface area contributed by atoms with E-state index in [9.17, 15) is 9.90 Å². The maximum absolute atomic E-state index is 12.2. The van der Waals surface area contributed by atoms with Crippen LogP contribution in [-0.2, 0) is 15.0 Å². The molecule has 142 valence electrons. The average molecular weight is 378 g/mol. The van der Waals surface area contributed by atoms with Gasteiger partial charge in [0.05, 0.1) is 11.1 Å². The number of carboxylic acid groups (broad SMARTS) is 1. The summed E-state index contributed by atoms with van der Waals surface area (Å²) in [7, 11) is 1.54. The number of oxime groups is 1. The van der Waals surface area contributed by atoms with Crippen LogP contribution < -0.4 is 0 Å². The Bertz CT molecular complexity index is 773. The molecule has 0 spiro atoms. The summed E-state index contributed by atoms with van der Waals surface area (Å²) in [6, 6.07) is 4.19. The number of hydrogen-bond donors (Lipinski definition) is 1. The van der Waals surface area contributed by atoms with Crippen LogP contribution in [0.15, 0.2) is 17.3 Å². The van der Waals surface area contributed by atoms with Gasteiger partial charge in [-0.25, -0.2) is 0 Å². The Morgan fingerprint density at radius 2 is 2.04 bits per heavy atom. The van der Waals surface area contributed by atoms with Crippen molar-refractivity contribution in [2.45, 2.75) is 64.7 Å². The van der Waals surface area contributed by atoms with Gasteiger partial charge in [0.1, 0.15) is 7.11 Å². The largest absolute Gasteiger partial charge is 0.481 e. The number of carboxylic acids is 1. The Morgan fingerprint density at radius 1 is 1.35 bits per heavy atom. The van der Waals surface area contributed by atoms with Crippen molar-refractivity contribution in [3.05, 3.63) is 33.8 Å². The van der Waals surface area contributed by atoms with Crippen molar-refractivity contribution in [2.75, 3.05) is 7.11 Å². The van der Waals surface area contributed by atoms with Gasteiger partial charge >= 0.3 is 5.97 Å². The van der Waals surface area contributed by atoms with E-state index in [0.29, 0.717) is 18.8 Å². The van der Waals surface area contributed by atoms with Gasteiger partial charge in [-0.15, -0.1) is 0 Å². The van der Waals surface area contributed by atoms with Gasteiger partial charge in [0.15, 0.2) is 0 Å². The fourth-order valence-corrected chi connectivity index (χ4v) is 5.53. The Hall–Kier alpha value is -1.55. The van der Waals surface area contributed by atoms with E-state index < -0.39 is 11.4 Å². The van der Waals surface area contributed by atoms with E-state index in [2.05, 4.69) is 38.1 Å². The van der Waals surface area contributed by atoms with E-state index in [1.54, 1.807) is 0 Å². The van der Waals surface area contributed by atoms with Crippen LogP contribution in [0.3, 0.4) is 0 Å². The van der Waals surface area contributed by atoms with Gasteiger partial charge < -0.3 is 9.94 Å². The minimum Gasteiger partial charge on any atom is -0.481 e. The minimum atomic E-state index is -0.775. The Labute approximate surface area is 160 Å². The summed E-state index contributed by atoms with van der Waals surface area (Å²) in [4.78, 5) is 17.3. The summed E-state index contributed by atoms with van der Waals surface area (Å²) < 4.78 is 0. The maximum Gasteiger partial charge on any atom is 0.309 e. The molecular weight excluding hydrogens is 350 g/mol. The predicted molar refractivity (Wildman–Crippen MR) is 104 cm³/mol. The molecular formula is C21H28ClNO3. The van der Waals surface area contributed by atoms with Gasteiger partial charge in [-0.1, -0.05) is 43.9 Å². The van der Waals surface area contributed by atoms with Crippen LogP contribution >= 0.6 is 11.6 Å². The number of halogens is 1. The van der Waals surface area contributed by atoms with Crippen molar-refractivity contribution >= 4 is 23.3 Å². The maximum atomic E-state index is 12.2. The topological polar surface area (TPSA) is 58.9 Å². The molecule has 3 atom stereocenters. The number of nitrogens with zero attached hydrogens (tertiary/aromatic N) is 1. The molecule has 2 aliphatic carbocycles. The van der Waals surface area contributed by atoms with E-state index in [-0.39, 0.29) is 11.3 Å². The van der Waals surface area contributed by atoms with Crippen LogP contribution in [0.5, 0.6) is 0 Å². The first-order valence-electron chi connectivity index (χ1n) is 9.33. The summed E-state index contributed by atoms with van der Waals surface area (Å²) in [5.41, 5.74) is 3.10. The van der Waals surface area contributed by atoms with Crippen molar-refractivity contribution in [1.29, 1.82) is 0 Å². The van der Waals surface area contributed by atoms with E-state index in [1.165, 1.54) is 7.11 Å². The van der Waals surface area contributed by atoms with E-state index in [4.69, 9.17) is 16.4 Å². The van der Waals surface area contributed by atoms with Crippen LogP contribution in [0, 0.1) is 11.3 Å². The molecule has 0 amide bonds. The number of fused-ring (bicyclic) bond motifs is 3. The molecule has 26 heavy (non-hydrogen) atoms. The molecule has 1 aromatic rings. The van der Waals surface area contributed by atoms with Crippen LogP contribution in [0.1, 0.15) is 76.0 Å². The summed E-state index contributed by atoms with van der Waals surface area (Å²) in [6.07, 6.45) is 3.16. The molecule has 0 radical (unpaired) electrons. The lowest BCUT2D eigenvalue weighted by Gasteiger charge is -2.53. The number of aliphatic carboxylic acids is 1. The number of rotatable bonds is 3. The molecule has 1 saturated carbocycles. The van der Waals surface area contributed by atoms with Crippen molar-refractivity contribution < 1.29 is 14.7 Å². The predicted octanol–water partition coefficient (Wildman–Crippen LogP) is 5.37. The van der Waals surface area contributed by atoms with Gasteiger partial charge in [0.25, 0.3) is 0 Å². The zero-order valence-corrected chi connectivity index (χ0v) is 17.0. The molecule has 0 heterocycles. The summed E-state index contributed by atoms with van der Waals surface area (Å²) in [6.45, 7) is 8.33. The second kappa shape index (κ2) is 6.56. The third kappa shape index (κ3) is 2.74. The zero-order valence-electron chi connectivity index (χ0n) is 16.2.